The van der Waals surface area contributed by atoms with E-state index < -0.39 is 17.7 Å². The average Bonchev–Trinajstić information content (AvgIpc) is 2.37. The van der Waals surface area contributed by atoms with E-state index in [0.29, 0.717) is 30.6 Å². The van der Waals surface area contributed by atoms with Gasteiger partial charge in [0.25, 0.3) is 0 Å². The molecule has 0 aliphatic carbocycles. The van der Waals surface area contributed by atoms with E-state index in [2.05, 4.69) is 0 Å². The monoisotopic (exact) mass is 285 g/mol. The van der Waals surface area contributed by atoms with Crippen LogP contribution in [0.2, 0.25) is 0 Å². The normalized spacial score (nSPS) is 17.4. The zero-order valence-electron chi connectivity index (χ0n) is 10.9. The van der Waals surface area contributed by atoms with E-state index in [-0.39, 0.29) is 5.57 Å². The third-order valence-electron chi connectivity index (χ3n) is 3.33. The first-order chi connectivity index (χ1) is 9.29. The van der Waals surface area contributed by atoms with Crippen LogP contribution >= 0.6 is 0 Å². The third kappa shape index (κ3) is 3.01. The van der Waals surface area contributed by atoms with Crippen molar-refractivity contribution in [2.75, 3.05) is 20.1 Å². The summed E-state index contributed by atoms with van der Waals surface area (Å²) in [5, 5.41) is 9.19. The molecule has 0 atom stereocenters. The summed E-state index contributed by atoms with van der Waals surface area (Å²) in [5.41, 5.74) is 0.212. The quantitative estimate of drug-likeness (QED) is 0.908. The van der Waals surface area contributed by atoms with Crippen LogP contribution in [0.5, 0.6) is 0 Å². The summed E-state index contributed by atoms with van der Waals surface area (Å²) in [7, 11) is 1.81. The molecule has 0 bridgehead atoms. The molecule has 0 spiro atoms. The van der Waals surface area contributed by atoms with Gasteiger partial charge in [-0.2, -0.15) is 13.2 Å². The molecule has 1 aromatic rings. The van der Waals surface area contributed by atoms with E-state index in [1.165, 1.54) is 12.1 Å². The van der Waals surface area contributed by atoms with Crippen LogP contribution in [0.15, 0.2) is 29.8 Å². The van der Waals surface area contributed by atoms with Gasteiger partial charge in [-0.3, -0.25) is 0 Å². The van der Waals surface area contributed by atoms with Crippen molar-refractivity contribution in [3.05, 3.63) is 41.0 Å². The second kappa shape index (κ2) is 5.28. The van der Waals surface area contributed by atoms with Gasteiger partial charge >= 0.3 is 12.1 Å². The molecular weight excluding hydrogens is 271 g/mol. The maximum atomic E-state index is 12.7. The molecule has 1 N–H and O–H groups in total. The minimum absolute atomic E-state index is 0.197. The van der Waals surface area contributed by atoms with Crippen molar-refractivity contribution in [1.29, 1.82) is 0 Å². The highest BCUT2D eigenvalue weighted by Crippen LogP contribution is 2.33. The van der Waals surface area contributed by atoms with Gasteiger partial charge in [-0.05, 0) is 36.7 Å². The molecule has 1 aliphatic heterocycles. The fraction of sp³-hybridized carbons (Fsp3) is 0.357. The van der Waals surface area contributed by atoms with E-state index in [4.69, 9.17) is 0 Å². The molecule has 0 saturated carbocycles. The van der Waals surface area contributed by atoms with E-state index in [1.54, 1.807) is 0 Å². The van der Waals surface area contributed by atoms with E-state index >= 15 is 0 Å². The summed E-state index contributed by atoms with van der Waals surface area (Å²) in [4.78, 5) is 13.1. The first kappa shape index (κ1) is 14.6. The van der Waals surface area contributed by atoms with Crippen molar-refractivity contribution in [1.82, 2.24) is 4.90 Å². The topological polar surface area (TPSA) is 40.5 Å². The minimum atomic E-state index is -4.43. The highest BCUT2D eigenvalue weighted by atomic mass is 19.4. The van der Waals surface area contributed by atoms with Crippen molar-refractivity contribution in [2.45, 2.75) is 12.6 Å². The summed E-state index contributed by atoms with van der Waals surface area (Å²) in [6.45, 7) is 0.924. The second-order valence-corrected chi connectivity index (χ2v) is 4.83. The van der Waals surface area contributed by atoms with E-state index in [9.17, 15) is 23.1 Å². The molecule has 3 nitrogen and oxygen atoms in total. The Hall–Kier alpha value is -1.82. The molecule has 0 amide bonds. The molecule has 2 rings (SSSR count). The largest absolute Gasteiger partial charge is 0.478 e. The first-order valence-electron chi connectivity index (χ1n) is 6.10. The summed E-state index contributed by atoms with van der Waals surface area (Å²) in [5.74, 6) is -1.06. The molecule has 1 aromatic carbocycles. The first-order valence-corrected chi connectivity index (χ1v) is 6.10. The standard InChI is InChI=1S/C14H14F3NO2/c1-18-6-5-11(13(19)20)12(8-18)9-3-2-4-10(7-9)14(15,16)17/h2-4,7H,5-6,8H2,1H3,(H,19,20). The van der Waals surface area contributed by atoms with Crippen LogP contribution in [-0.4, -0.2) is 36.1 Å². The number of likely N-dealkylation sites (N-methyl/N-ethyl adjacent to an activating group) is 1. The Morgan fingerprint density at radius 2 is 2.05 bits per heavy atom. The van der Waals surface area contributed by atoms with Crippen LogP contribution in [0, 0.1) is 0 Å². The summed E-state index contributed by atoms with van der Waals surface area (Å²) >= 11 is 0. The van der Waals surface area contributed by atoms with Gasteiger partial charge < -0.3 is 10.0 Å². The molecule has 108 valence electrons. The number of rotatable bonds is 2. The number of benzene rings is 1. The van der Waals surface area contributed by atoms with Crippen LogP contribution in [-0.2, 0) is 11.0 Å². The van der Waals surface area contributed by atoms with E-state index in [0.717, 1.165) is 12.1 Å². The average molecular weight is 285 g/mol. The Labute approximate surface area is 114 Å². The molecule has 0 radical (unpaired) electrons. The molecule has 20 heavy (non-hydrogen) atoms. The number of carbonyl (C=O) groups is 1. The number of nitrogens with zero attached hydrogens (tertiary/aromatic N) is 1. The van der Waals surface area contributed by atoms with Crippen molar-refractivity contribution in [3.8, 4) is 0 Å². The van der Waals surface area contributed by atoms with Crippen LogP contribution in [0.4, 0.5) is 13.2 Å². The second-order valence-electron chi connectivity index (χ2n) is 4.83. The zero-order valence-corrected chi connectivity index (χ0v) is 10.9. The van der Waals surface area contributed by atoms with Crippen molar-refractivity contribution >= 4 is 11.5 Å². The van der Waals surface area contributed by atoms with Gasteiger partial charge in [-0.25, -0.2) is 4.79 Å². The van der Waals surface area contributed by atoms with Gasteiger partial charge in [0.15, 0.2) is 0 Å². The zero-order chi connectivity index (χ0) is 14.9. The van der Waals surface area contributed by atoms with Gasteiger partial charge in [0.2, 0.25) is 0 Å². The molecule has 0 saturated heterocycles. The number of aliphatic carboxylic acids is 1. The molecule has 6 heteroatoms. The van der Waals surface area contributed by atoms with Gasteiger partial charge in [0.05, 0.1) is 5.56 Å². The molecule has 1 aliphatic rings. The summed E-state index contributed by atoms with van der Waals surface area (Å²) < 4.78 is 38.2. The van der Waals surface area contributed by atoms with Crippen molar-refractivity contribution in [3.63, 3.8) is 0 Å². The number of carboxylic acid groups (broad SMARTS) is 1. The van der Waals surface area contributed by atoms with Gasteiger partial charge in [0, 0.05) is 18.7 Å². The number of halogens is 3. The lowest BCUT2D eigenvalue weighted by atomic mass is 9.93. The maximum Gasteiger partial charge on any atom is 0.416 e. The Kier molecular flexibility index (Phi) is 3.85. The lowest BCUT2D eigenvalue weighted by molar-refractivity contribution is -0.137. The fourth-order valence-corrected chi connectivity index (χ4v) is 2.28. The molecule has 0 aromatic heterocycles. The third-order valence-corrected chi connectivity index (χ3v) is 3.33. The number of hydrogen-bond donors (Lipinski definition) is 1. The van der Waals surface area contributed by atoms with E-state index in [1.807, 2.05) is 11.9 Å². The predicted octanol–water partition coefficient (Wildman–Crippen LogP) is 2.88. The SMILES string of the molecule is CN1CCC(C(=O)O)=C(c2cccc(C(F)(F)F)c2)C1. The summed E-state index contributed by atoms with van der Waals surface area (Å²) in [6.07, 6.45) is -4.10. The number of hydrogen-bond acceptors (Lipinski definition) is 2. The Morgan fingerprint density at radius 3 is 2.65 bits per heavy atom. The minimum Gasteiger partial charge on any atom is -0.478 e. The van der Waals surface area contributed by atoms with Gasteiger partial charge in [-0.15, -0.1) is 0 Å². The van der Waals surface area contributed by atoms with Crippen LogP contribution in [0.25, 0.3) is 5.57 Å². The Bertz CT molecular complexity index is 564. The lowest BCUT2D eigenvalue weighted by Gasteiger charge is -2.26. The Balaban J connectivity index is 2.50. The van der Waals surface area contributed by atoms with Crippen LogP contribution < -0.4 is 0 Å². The molecule has 1 heterocycles. The van der Waals surface area contributed by atoms with Crippen LogP contribution in [0.3, 0.4) is 0 Å². The highest BCUT2D eigenvalue weighted by molar-refractivity contribution is 5.97. The van der Waals surface area contributed by atoms with Crippen LogP contribution in [0.1, 0.15) is 17.5 Å². The predicted molar refractivity (Wildman–Crippen MR) is 68.1 cm³/mol. The number of carboxylic acids is 1. The van der Waals surface area contributed by atoms with Crippen molar-refractivity contribution in [2.24, 2.45) is 0 Å². The fourth-order valence-electron chi connectivity index (χ4n) is 2.28. The smallest absolute Gasteiger partial charge is 0.416 e. The maximum absolute atomic E-state index is 12.7. The summed E-state index contributed by atoms with van der Waals surface area (Å²) in [6, 6.07) is 4.82. The Morgan fingerprint density at radius 1 is 1.35 bits per heavy atom. The lowest BCUT2D eigenvalue weighted by Crippen LogP contribution is -2.29. The molecular formula is C14H14F3NO2. The molecule has 0 unspecified atom stereocenters. The van der Waals surface area contributed by atoms with Gasteiger partial charge in [-0.1, -0.05) is 12.1 Å². The number of alkyl halides is 3. The van der Waals surface area contributed by atoms with Crippen molar-refractivity contribution < 1.29 is 23.1 Å². The van der Waals surface area contributed by atoms with Gasteiger partial charge in [0.1, 0.15) is 0 Å². The molecule has 0 fully saturated rings. The highest BCUT2D eigenvalue weighted by Gasteiger charge is 2.31.